The lowest BCUT2D eigenvalue weighted by Crippen LogP contribution is -2.17. The van der Waals surface area contributed by atoms with Gasteiger partial charge in [-0.15, -0.1) is 0 Å². The first-order valence-corrected chi connectivity index (χ1v) is 11.4. The van der Waals surface area contributed by atoms with Crippen LogP contribution in [0.3, 0.4) is 0 Å². The Labute approximate surface area is 212 Å². The van der Waals surface area contributed by atoms with Gasteiger partial charge in [-0.25, -0.2) is 5.43 Å². The summed E-state index contributed by atoms with van der Waals surface area (Å²) in [7, 11) is 3.02. The SMILES string of the molecule is CCOc1cc(/C=N\NC(=O)c2cc(OC)cc(OC)c2)cc(Br)c1OCc1ccccc1C#N. The zero-order chi connectivity index (χ0) is 25.2. The van der Waals surface area contributed by atoms with Crippen LogP contribution in [0.5, 0.6) is 23.0 Å². The topological polar surface area (TPSA) is 102 Å². The van der Waals surface area contributed by atoms with Crippen molar-refractivity contribution in [3.63, 3.8) is 0 Å². The zero-order valence-electron chi connectivity index (χ0n) is 19.5. The molecule has 1 N–H and O–H groups in total. The number of ether oxygens (including phenoxy) is 4. The number of carbonyl (C=O) groups is 1. The number of nitrogens with one attached hydrogen (secondary N) is 1. The van der Waals surface area contributed by atoms with Crippen molar-refractivity contribution in [3.8, 4) is 29.1 Å². The molecule has 8 nitrogen and oxygen atoms in total. The summed E-state index contributed by atoms with van der Waals surface area (Å²) in [5.74, 6) is 1.58. The number of rotatable bonds is 10. The molecule has 3 aromatic carbocycles. The number of hydrazone groups is 1. The Balaban J connectivity index is 1.76. The van der Waals surface area contributed by atoms with E-state index < -0.39 is 5.91 Å². The Kier molecular flexibility index (Phi) is 9.09. The van der Waals surface area contributed by atoms with Crippen molar-refractivity contribution in [2.24, 2.45) is 5.10 Å². The van der Waals surface area contributed by atoms with Gasteiger partial charge in [0, 0.05) is 17.2 Å². The Morgan fingerprint density at radius 2 is 1.80 bits per heavy atom. The van der Waals surface area contributed by atoms with E-state index in [1.54, 1.807) is 42.5 Å². The van der Waals surface area contributed by atoms with Crippen molar-refractivity contribution in [3.05, 3.63) is 81.3 Å². The van der Waals surface area contributed by atoms with E-state index >= 15 is 0 Å². The third kappa shape index (κ3) is 6.74. The van der Waals surface area contributed by atoms with E-state index in [1.807, 2.05) is 19.1 Å². The summed E-state index contributed by atoms with van der Waals surface area (Å²) < 4.78 is 22.8. The summed E-state index contributed by atoms with van der Waals surface area (Å²) in [5.41, 5.74) is 4.84. The second-order valence-corrected chi connectivity index (χ2v) is 7.98. The van der Waals surface area contributed by atoms with Gasteiger partial charge in [0.15, 0.2) is 11.5 Å². The number of methoxy groups -OCH3 is 2. The number of nitriles is 1. The molecular formula is C26H24BrN3O5. The molecule has 0 heterocycles. The van der Waals surface area contributed by atoms with E-state index in [0.29, 0.717) is 50.8 Å². The Morgan fingerprint density at radius 1 is 1.09 bits per heavy atom. The molecule has 0 spiro atoms. The van der Waals surface area contributed by atoms with Crippen LogP contribution in [0.4, 0.5) is 0 Å². The lowest BCUT2D eigenvalue weighted by molar-refractivity contribution is 0.0954. The Bertz CT molecular complexity index is 1250. The fraction of sp³-hybridized carbons (Fsp3) is 0.192. The minimum absolute atomic E-state index is 0.204. The third-order valence-electron chi connectivity index (χ3n) is 4.83. The lowest BCUT2D eigenvalue weighted by atomic mass is 10.1. The first-order chi connectivity index (χ1) is 17.0. The monoisotopic (exact) mass is 537 g/mol. The maximum Gasteiger partial charge on any atom is 0.271 e. The second kappa shape index (κ2) is 12.4. The van der Waals surface area contributed by atoms with Crippen LogP contribution in [-0.4, -0.2) is 32.9 Å². The molecule has 9 heteroatoms. The van der Waals surface area contributed by atoms with Crippen LogP contribution in [0.1, 0.15) is 34.0 Å². The fourth-order valence-electron chi connectivity index (χ4n) is 3.14. The largest absolute Gasteiger partial charge is 0.497 e. The number of hydrogen-bond donors (Lipinski definition) is 1. The predicted molar refractivity (Wildman–Crippen MR) is 135 cm³/mol. The van der Waals surface area contributed by atoms with Crippen molar-refractivity contribution in [2.45, 2.75) is 13.5 Å². The van der Waals surface area contributed by atoms with Crippen LogP contribution in [0.25, 0.3) is 0 Å². The first-order valence-electron chi connectivity index (χ1n) is 10.6. The number of hydrogen-bond acceptors (Lipinski definition) is 7. The van der Waals surface area contributed by atoms with Crippen LogP contribution in [0.15, 0.2) is 64.2 Å². The van der Waals surface area contributed by atoms with Crippen molar-refractivity contribution < 1.29 is 23.7 Å². The molecule has 1 amide bonds. The molecule has 0 aromatic heterocycles. The molecule has 0 saturated heterocycles. The molecule has 3 rings (SSSR count). The van der Waals surface area contributed by atoms with Gasteiger partial charge in [0.2, 0.25) is 0 Å². The van der Waals surface area contributed by atoms with E-state index in [2.05, 4.69) is 32.5 Å². The standard InChI is InChI=1S/C26H24BrN3O5/c1-4-34-24-10-17(9-23(27)25(24)35-16-19-8-6-5-7-18(19)14-28)15-29-30-26(31)20-11-21(32-2)13-22(12-20)33-3/h5-13,15H,4,16H2,1-3H3,(H,30,31)/b29-15-. The Hall–Kier alpha value is -4.03. The molecule has 0 saturated carbocycles. The van der Waals surface area contributed by atoms with Gasteiger partial charge in [-0.1, -0.05) is 18.2 Å². The van der Waals surface area contributed by atoms with Crippen LogP contribution in [0, 0.1) is 11.3 Å². The van der Waals surface area contributed by atoms with Gasteiger partial charge < -0.3 is 18.9 Å². The number of benzene rings is 3. The summed E-state index contributed by atoms with van der Waals surface area (Å²) in [5, 5.41) is 13.4. The minimum Gasteiger partial charge on any atom is -0.497 e. The molecule has 35 heavy (non-hydrogen) atoms. The number of halogens is 1. The predicted octanol–water partition coefficient (Wildman–Crippen LogP) is 5.08. The van der Waals surface area contributed by atoms with Crippen molar-refractivity contribution in [2.75, 3.05) is 20.8 Å². The summed E-state index contributed by atoms with van der Waals surface area (Å²) in [6.07, 6.45) is 1.50. The molecule has 0 radical (unpaired) electrons. The highest BCUT2D eigenvalue weighted by Crippen LogP contribution is 2.37. The molecular weight excluding hydrogens is 514 g/mol. The fourth-order valence-corrected chi connectivity index (χ4v) is 3.71. The van der Waals surface area contributed by atoms with E-state index in [1.165, 1.54) is 20.4 Å². The molecule has 180 valence electrons. The van der Waals surface area contributed by atoms with Gasteiger partial charge in [0.05, 0.1) is 43.1 Å². The lowest BCUT2D eigenvalue weighted by Gasteiger charge is -2.15. The van der Waals surface area contributed by atoms with E-state index in [0.717, 1.165) is 5.56 Å². The van der Waals surface area contributed by atoms with Crippen LogP contribution >= 0.6 is 15.9 Å². The summed E-state index contributed by atoms with van der Waals surface area (Å²) in [4.78, 5) is 12.5. The number of amides is 1. The molecule has 0 aliphatic heterocycles. The van der Waals surface area contributed by atoms with E-state index in [9.17, 15) is 10.1 Å². The molecule has 0 fully saturated rings. The summed E-state index contributed by atoms with van der Waals surface area (Å²) in [6.45, 7) is 2.49. The maximum atomic E-state index is 12.5. The Morgan fingerprint density at radius 3 is 2.46 bits per heavy atom. The molecule has 0 unspecified atom stereocenters. The maximum absolute atomic E-state index is 12.5. The van der Waals surface area contributed by atoms with Gasteiger partial charge >= 0.3 is 0 Å². The zero-order valence-corrected chi connectivity index (χ0v) is 21.1. The second-order valence-electron chi connectivity index (χ2n) is 7.12. The van der Waals surface area contributed by atoms with E-state index in [4.69, 9.17) is 18.9 Å². The molecule has 0 bridgehead atoms. The highest BCUT2D eigenvalue weighted by atomic mass is 79.9. The summed E-state index contributed by atoms with van der Waals surface area (Å²) >= 11 is 3.52. The quantitative estimate of drug-likeness (QED) is 0.285. The molecule has 0 aliphatic carbocycles. The summed E-state index contributed by atoms with van der Waals surface area (Å²) in [6, 6.07) is 17.8. The molecule has 3 aromatic rings. The third-order valence-corrected chi connectivity index (χ3v) is 5.42. The average molecular weight is 538 g/mol. The highest BCUT2D eigenvalue weighted by Gasteiger charge is 2.14. The van der Waals surface area contributed by atoms with Gasteiger partial charge in [-0.05, 0) is 58.7 Å². The van der Waals surface area contributed by atoms with Gasteiger partial charge in [0.1, 0.15) is 18.1 Å². The van der Waals surface area contributed by atoms with Crippen molar-refractivity contribution in [1.29, 1.82) is 5.26 Å². The van der Waals surface area contributed by atoms with Crippen molar-refractivity contribution in [1.82, 2.24) is 5.43 Å². The van der Waals surface area contributed by atoms with Gasteiger partial charge in [-0.3, -0.25) is 4.79 Å². The van der Waals surface area contributed by atoms with Crippen LogP contribution in [-0.2, 0) is 6.61 Å². The first kappa shape index (κ1) is 25.6. The highest BCUT2D eigenvalue weighted by molar-refractivity contribution is 9.10. The number of nitrogens with zero attached hydrogens (tertiary/aromatic N) is 2. The van der Waals surface area contributed by atoms with Crippen LogP contribution in [0.2, 0.25) is 0 Å². The smallest absolute Gasteiger partial charge is 0.271 e. The average Bonchev–Trinajstić information content (AvgIpc) is 2.88. The van der Waals surface area contributed by atoms with Gasteiger partial charge in [0.25, 0.3) is 5.91 Å². The molecule has 0 aliphatic rings. The van der Waals surface area contributed by atoms with Gasteiger partial charge in [-0.2, -0.15) is 10.4 Å². The van der Waals surface area contributed by atoms with E-state index in [-0.39, 0.29) is 6.61 Å². The molecule has 0 atom stereocenters. The number of carbonyl (C=O) groups excluding carboxylic acids is 1. The van der Waals surface area contributed by atoms with Crippen LogP contribution < -0.4 is 24.4 Å². The minimum atomic E-state index is -0.418. The van der Waals surface area contributed by atoms with Crippen molar-refractivity contribution >= 4 is 28.1 Å². The normalized spacial score (nSPS) is 10.5.